The number of nitrogens with zero attached hydrogens (tertiary/aromatic N) is 4. The molecule has 1 fully saturated rings. The van der Waals surface area contributed by atoms with Crippen molar-refractivity contribution in [3.63, 3.8) is 0 Å². The zero-order valence-corrected chi connectivity index (χ0v) is 9.80. The summed E-state index contributed by atoms with van der Waals surface area (Å²) in [7, 11) is 0. The van der Waals surface area contributed by atoms with E-state index in [-0.39, 0.29) is 0 Å². The van der Waals surface area contributed by atoms with Crippen molar-refractivity contribution in [1.82, 2.24) is 19.7 Å². The predicted molar refractivity (Wildman–Crippen MR) is 65.3 cm³/mol. The van der Waals surface area contributed by atoms with Gasteiger partial charge >= 0.3 is 0 Å². The largest absolute Gasteiger partial charge is 0.354 e. The summed E-state index contributed by atoms with van der Waals surface area (Å²) in [5.74, 6) is 2.13. The molecule has 1 saturated carbocycles. The van der Waals surface area contributed by atoms with Gasteiger partial charge in [0.15, 0.2) is 5.82 Å². The average molecular weight is 229 g/mol. The minimum absolute atomic E-state index is 0.647. The molecule has 0 aliphatic heterocycles. The minimum Gasteiger partial charge on any atom is -0.354 e. The van der Waals surface area contributed by atoms with Crippen LogP contribution >= 0.6 is 0 Å². The summed E-state index contributed by atoms with van der Waals surface area (Å²) in [6.45, 7) is 2.84. The monoisotopic (exact) mass is 229 g/mol. The highest BCUT2D eigenvalue weighted by Gasteiger charge is 2.25. The van der Waals surface area contributed by atoms with Crippen LogP contribution in [0.3, 0.4) is 0 Å². The molecule has 17 heavy (non-hydrogen) atoms. The van der Waals surface area contributed by atoms with Crippen molar-refractivity contribution >= 4 is 5.95 Å². The van der Waals surface area contributed by atoms with Gasteiger partial charge in [0.25, 0.3) is 0 Å². The lowest BCUT2D eigenvalue weighted by Gasteiger charge is -2.03. The highest BCUT2D eigenvalue weighted by atomic mass is 15.3. The molecule has 0 amide bonds. The van der Waals surface area contributed by atoms with Gasteiger partial charge in [0, 0.05) is 30.9 Å². The van der Waals surface area contributed by atoms with E-state index in [9.17, 15) is 0 Å². The molecule has 5 nitrogen and oxygen atoms in total. The molecule has 2 aromatic rings. The van der Waals surface area contributed by atoms with Crippen LogP contribution in [0.15, 0.2) is 24.5 Å². The molecule has 0 radical (unpaired) electrons. The van der Waals surface area contributed by atoms with Gasteiger partial charge in [-0.1, -0.05) is 0 Å². The summed E-state index contributed by atoms with van der Waals surface area (Å²) in [6, 6.07) is 3.94. The Morgan fingerprint density at radius 2 is 2.29 bits per heavy atom. The molecule has 2 heterocycles. The number of hydrogen-bond acceptors (Lipinski definition) is 4. The first-order chi connectivity index (χ1) is 8.36. The lowest BCUT2D eigenvalue weighted by molar-refractivity contribution is 0.808. The van der Waals surface area contributed by atoms with Crippen molar-refractivity contribution in [2.75, 3.05) is 11.9 Å². The van der Waals surface area contributed by atoms with Crippen molar-refractivity contribution < 1.29 is 0 Å². The van der Waals surface area contributed by atoms with Gasteiger partial charge in [-0.25, -0.2) is 9.67 Å². The second-order valence-electron chi connectivity index (χ2n) is 4.23. The van der Waals surface area contributed by atoms with Gasteiger partial charge in [0.2, 0.25) is 5.95 Å². The van der Waals surface area contributed by atoms with Gasteiger partial charge < -0.3 is 5.32 Å². The third-order valence-corrected chi connectivity index (χ3v) is 2.82. The van der Waals surface area contributed by atoms with Crippen molar-refractivity contribution in [2.45, 2.75) is 25.7 Å². The van der Waals surface area contributed by atoms with E-state index in [1.54, 1.807) is 6.20 Å². The molecule has 1 aliphatic rings. The highest BCUT2D eigenvalue weighted by molar-refractivity contribution is 5.31. The highest BCUT2D eigenvalue weighted by Crippen LogP contribution is 2.38. The van der Waals surface area contributed by atoms with Crippen LogP contribution in [-0.2, 0) is 0 Å². The Hall–Kier alpha value is -1.91. The molecule has 0 spiro atoms. The second kappa shape index (κ2) is 4.16. The standard InChI is InChI=1S/C12H15N5/c1-2-13-12-14-7-5-11(15-12)17-8-6-10(16-17)9-3-4-9/h5-9H,2-4H2,1H3,(H,13,14,15). The lowest BCUT2D eigenvalue weighted by atomic mass is 10.3. The van der Waals surface area contributed by atoms with E-state index in [1.165, 1.54) is 18.5 Å². The summed E-state index contributed by atoms with van der Waals surface area (Å²) in [5, 5.41) is 7.64. The van der Waals surface area contributed by atoms with E-state index in [0.717, 1.165) is 12.4 Å². The number of hydrogen-bond donors (Lipinski definition) is 1. The first-order valence-electron chi connectivity index (χ1n) is 5.99. The Labute approximate surface area is 99.9 Å². The van der Waals surface area contributed by atoms with Crippen molar-refractivity contribution in [3.8, 4) is 5.82 Å². The zero-order chi connectivity index (χ0) is 11.7. The van der Waals surface area contributed by atoms with Crippen molar-refractivity contribution in [3.05, 3.63) is 30.2 Å². The number of anilines is 1. The Morgan fingerprint density at radius 1 is 1.41 bits per heavy atom. The fourth-order valence-corrected chi connectivity index (χ4v) is 1.78. The summed E-state index contributed by atoms with van der Waals surface area (Å²) in [4.78, 5) is 8.55. The SMILES string of the molecule is CCNc1nccc(-n2ccc(C3CC3)n2)n1. The maximum Gasteiger partial charge on any atom is 0.224 e. The molecule has 0 atom stereocenters. The number of nitrogens with one attached hydrogen (secondary N) is 1. The van der Waals surface area contributed by atoms with Crippen LogP contribution in [-0.4, -0.2) is 26.3 Å². The fraction of sp³-hybridized carbons (Fsp3) is 0.417. The molecule has 3 rings (SSSR count). The van der Waals surface area contributed by atoms with Crippen LogP contribution in [0.2, 0.25) is 0 Å². The number of aromatic nitrogens is 4. The van der Waals surface area contributed by atoms with Crippen LogP contribution in [0.4, 0.5) is 5.95 Å². The second-order valence-corrected chi connectivity index (χ2v) is 4.23. The topological polar surface area (TPSA) is 55.6 Å². The van der Waals surface area contributed by atoms with Crippen LogP contribution in [0.5, 0.6) is 0 Å². The maximum absolute atomic E-state index is 4.54. The van der Waals surface area contributed by atoms with Gasteiger partial charge in [-0.3, -0.25) is 0 Å². The zero-order valence-electron chi connectivity index (χ0n) is 9.80. The molecular weight excluding hydrogens is 214 g/mol. The molecule has 0 saturated heterocycles. The van der Waals surface area contributed by atoms with Crippen LogP contribution in [0, 0.1) is 0 Å². The van der Waals surface area contributed by atoms with Crippen LogP contribution < -0.4 is 5.32 Å². The summed E-state index contributed by atoms with van der Waals surface area (Å²) >= 11 is 0. The first kappa shape index (κ1) is 10.3. The summed E-state index contributed by atoms with van der Waals surface area (Å²) in [6.07, 6.45) is 6.25. The third-order valence-electron chi connectivity index (χ3n) is 2.82. The van der Waals surface area contributed by atoms with E-state index in [2.05, 4.69) is 26.4 Å². The Kier molecular flexibility index (Phi) is 2.51. The first-order valence-corrected chi connectivity index (χ1v) is 5.99. The smallest absolute Gasteiger partial charge is 0.224 e. The molecule has 0 unspecified atom stereocenters. The van der Waals surface area contributed by atoms with E-state index in [4.69, 9.17) is 0 Å². The third kappa shape index (κ3) is 2.13. The van der Waals surface area contributed by atoms with Crippen LogP contribution in [0.1, 0.15) is 31.4 Å². The van der Waals surface area contributed by atoms with Crippen molar-refractivity contribution in [1.29, 1.82) is 0 Å². The Morgan fingerprint density at radius 3 is 3.06 bits per heavy atom. The van der Waals surface area contributed by atoms with E-state index in [1.807, 2.05) is 23.9 Å². The lowest BCUT2D eigenvalue weighted by Crippen LogP contribution is -2.05. The van der Waals surface area contributed by atoms with E-state index < -0.39 is 0 Å². The van der Waals surface area contributed by atoms with Gasteiger partial charge in [0.05, 0.1) is 5.69 Å². The molecule has 0 aromatic carbocycles. The maximum atomic E-state index is 4.54. The van der Waals surface area contributed by atoms with Gasteiger partial charge in [0.1, 0.15) is 0 Å². The normalized spacial score (nSPS) is 14.9. The molecule has 2 aromatic heterocycles. The molecule has 5 heteroatoms. The summed E-state index contributed by atoms with van der Waals surface area (Å²) < 4.78 is 1.82. The Bertz CT molecular complexity index is 515. The van der Waals surface area contributed by atoms with Gasteiger partial charge in [-0.2, -0.15) is 10.1 Å². The molecular formula is C12H15N5. The van der Waals surface area contributed by atoms with E-state index >= 15 is 0 Å². The van der Waals surface area contributed by atoms with Crippen LogP contribution in [0.25, 0.3) is 5.82 Å². The minimum atomic E-state index is 0.647. The summed E-state index contributed by atoms with van der Waals surface area (Å²) in [5.41, 5.74) is 1.17. The Balaban J connectivity index is 1.88. The van der Waals surface area contributed by atoms with Gasteiger partial charge in [-0.15, -0.1) is 0 Å². The molecule has 1 N–H and O–H groups in total. The molecule has 88 valence electrons. The van der Waals surface area contributed by atoms with Crippen molar-refractivity contribution in [2.24, 2.45) is 0 Å². The molecule has 0 bridgehead atoms. The average Bonchev–Trinajstić information content (AvgIpc) is 3.08. The predicted octanol–water partition coefficient (Wildman–Crippen LogP) is 1.97. The fourth-order valence-electron chi connectivity index (χ4n) is 1.78. The quantitative estimate of drug-likeness (QED) is 0.870. The molecule has 1 aliphatic carbocycles. The van der Waals surface area contributed by atoms with E-state index in [0.29, 0.717) is 11.9 Å². The van der Waals surface area contributed by atoms with Gasteiger partial charge in [-0.05, 0) is 25.8 Å². The number of rotatable bonds is 4.